The first-order chi connectivity index (χ1) is 9.63. The van der Waals surface area contributed by atoms with Crippen LogP contribution < -0.4 is 10.1 Å². The first-order valence-electron chi connectivity index (χ1n) is 6.39. The molecule has 0 saturated carbocycles. The molecular weight excluding hydrogens is 382 g/mol. The van der Waals surface area contributed by atoms with Gasteiger partial charge in [0.1, 0.15) is 5.75 Å². The Hall–Kier alpha value is -0.840. The topological polar surface area (TPSA) is 21.3 Å². The highest BCUT2D eigenvalue weighted by Gasteiger charge is 2.14. The molecule has 2 nitrogen and oxygen atoms in total. The van der Waals surface area contributed by atoms with Crippen molar-refractivity contribution in [1.29, 1.82) is 0 Å². The van der Waals surface area contributed by atoms with E-state index in [2.05, 4.69) is 61.4 Å². The van der Waals surface area contributed by atoms with Crippen molar-refractivity contribution in [2.45, 2.75) is 12.5 Å². The van der Waals surface area contributed by atoms with Crippen LogP contribution in [-0.2, 0) is 6.42 Å². The molecule has 4 heteroatoms. The zero-order valence-corrected chi connectivity index (χ0v) is 14.7. The van der Waals surface area contributed by atoms with Gasteiger partial charge in [-0.15, -0.1) is 0 Å². The number of ether oxygens (including phenoxy) is 1. The van der Waals surface area contributed by atoms with Crippen molar-refractivity contribution in [1.82, 2.24) is 5.32 Å². The third kappa shape index (κ3) is 3.84. The molecule has 0 saturated heterocycles. The van der Waals surface area contributed by atoms with Crippen molar-refractivity contribution in [3.05, 3.63) is 62.5 Å². The summed E-state index contributed by atoms with van der Waals surface area (Å²) in [5, 5.41) is 3.38. The van der Waals surface area contributed by atoms with Crippen molar-refractivity contribution in [3.8, 4) is 5.75 Å². The van der Waals surface area contributed by atoms with E-state index in [9.17, 15) is 0 Å². The normalized spacial score (nSPS) is 12.2. The Morgan fingerprint density at radius 1 is 1.10 bits per heavy atom. The Balaban J connectivity index is 2.21. The number of rotatable bonds is 5. The molecular formula is C16H17Br2NO. The fraction of sp³-hybridized carbons (Fsp3) is 0.250. The molecule has 106 valence electrons. The van der Waals surface area contributed by atoms with Crippen LogP contribution in [0.25, 0.3) is 0 Å². The van der Waals surface area contributed by atoms with Gasteiger partial charge in [0.15, 0.2) is 0 Å². The highest BCUT2D eigenvalue weighted by molar-refractivity contribution is 9.11. The molecule has 1 unspecified atom stereocenters. The van der Waals surface area contributed by atoms with E-state index in [1.165, 1.54) is 11.1 Å². The lowest BCUT2D eigenvalue weighted by atomic mass is 9.99. The van der Waals surface area contributed by atoms with Crippen molar-refractivity contribution < 1.29 is 4.74 Å². The van der Waals surface area contributed by atoms with Crippen LogP contribution in [-0.4, -0.2) is 14.2 Å². The number of hydrogen-bond acceptors (Lipinski definition) is 2. The molecule has 0 aromatic heterocycles. The number of hydrogen-bond donors (Lipinski definition) is 1. The van der Waals surface area contributed by atoms with Crippen LogP contribution in [0.5, 0.6) is 5.75 Å². The molecule has 0 amide bonds. The Labute approximate surface area is 136 Å². The van der Waals surface area contributed by atoms with Crippen molar-refractivity contribution in [2.24, 2.45) is 0 Å². The maximum absolute atomic E-state index is 5.19. The largest absolute Gasteiger partial charge is 0.497 e. The van der Waals surface area contributed by atoms with Gasteiger partial charge in [-0.1, -0.05) is 44.0 Å². The number of nitrogens with one attached hydrogen (secondary N) is 1. The maximum Gasteiger partial charge on any atom is 0.118 e. The van der Waals surface area contributed by atoms with Gasteiger partial charge < -0.3 is 10.1 Å². The molecule has 20 heavy (non-hydrogen) atoms. The summed E-state index contributed by atoms with van der Waals surface area (Å²) >= 11 is 7.16. The third-order valence-corrected chi connectivity index (χ3v) is 4.50. The predicted molar refractivity (Wildman–Crippen MR) is 90.3 cm³/mol. The molecule has 0 aliphatic heterocycles. The van der Waals surface area contributed by atoms with E-state index < -0.39 is 0 Å². The number of likely N-dealkylation sites (N-methyl/N-ethyl adjacent to an activating group) is 1. The molecule has 2 rings (SSSR count). The lowest BCUT2D eigenvalue weighted by Crippen LogP contribution is -2.19. The van der Waals surface area contributed by atoms with Gasteiger partial charge in [0.2, 0.25) is 0 Å². The van der Waals surface area contributed by atoms with Gasteiger partial charge in [-0.3, -0.25) is 0 Å². The fourth-order valence-corrected chi connectivity index (χ4v) is 3.05. The van der Waals surface area contributed by atoms with Crippen LogP contribution in [0.15, 0.2) is 51.4 Å². The van der Waals surface area contributed by atoms with Crippen molar-refractivity contribution >= 4 is 31.9 Å². The van der Waals surface area contributed by atoms with E-state index in [1.807, 2.05) is 25.2 Å². The SMILES string of the molecule is CNC(Cc1ccc(OC)cc1)c1cc(Br)ccc1Br. The second-order valence-corrected chi connectivity index (χ2v) is 6.33. The molecule has 0 aliphatic rings. The molecule has 0 aliphatic carbocycles. The van der Waals surface area contributed by atoms with Gasteiger partial charge in [-0.2, -0.15) is 0 Å². The van der Waals surface area contributed by atoms with E-state index in [0.29, 0.717) is 0 Å². The average molecular weight is 399 g/mol. The van der Waals surface area contributed by atoms with E-state index >= 15 is 0 Å². The average Bonchev–Trinajstić information content (AvgIpc) is 2.48. The number of methoxy groups -OCH3 is 1. The van der Waals surface area contributed by atoms with Gasteiger partial charge in [0.25, 0.3) is 0 Å². The summed E-state index contributed by atoms with van der Waals surface area (Å²) in [5.74, 6) is 0.887. The molecule has 1 atom stereocenters. The minimum Gasteiger partial charge on any atom is -0.497 e. The highest BCUT2D eigenvalue weighted by atomic mass is 79.9. The van der Waals surface area contributed by atoms with E-state index in [1.54, 1.807) is 7.11 Å². The first kappa shape index (κ1) is 15.5. The summed E-state index contributed by atoms with van der Waals surface area (Å²) < 4.78 is 7.40. The van der Waals surface area contributed by atoms with Crippen molar-refractivity contribution in [2.75, 3.05) is 14.2 Å². The van der Waals surface area contributed by atoms with Crippen LogP contribution >= 0.6 is 31.9 Å². The van der Waals surface area contributed by atoms with E-state index in [4.69, 9.17) is 4.74 Å². The first-order valence-corrected chi connectivity index (χ1v) is 7.97. The van der Waals surface area contributed by atoms with Gasteiger partial charge in [0, 0.05) is 15.0 Å². The van der Waals surface area contributed by atoms with E-state index in [-0.39, 0.29) is 6.04 Å². The van der Waals surface area contributed by atoms with E-state index in [0.717, 1.165) is 21.1 Å². The number of benzene rings is 2. The molecule has 0 spiro atoms. The Kier molecular flexibility index (Phi) is 5.64. The lowest BCUT2D eigenvalue weighted by molar-refractivity contribution is 0.414. The summed E-state index contributed by atoms with van der Waals surface area (Å²) in [6.45, 7) is 0. The monoisotopic (exact) mass is 397 g/mol. The molecule has 1 N–H and O–H groups in total. The molecule has 2 aromatic carbocycles. The number of halogens is 2. The van der Waals surface area contributed by atoms with Crippen LogP contribution in [0.1, 0.15) is 17.2 Å². The lowest BCUT2D eigenvalue weighted by Gasteiger charge is -2.19. The molecule has 0 heterocycles. The Bertz CT molecular complexity index is 569. The van der Waals surface area contributed by atoms with Crippen molar-refractivity contribution in [3.63, 3.8) is 0 Å². The molecule has 0 radical (unpaired) electrons. The summed E-state index contributed by atoms with van der Waals surface area (Å²) in [5.41, 5.74) is 2.52. The quantitative estimate of drug-likeness (QED) is 0.786. The minimum absolute atomic E-state index is 0.260. The highest BCUT2D eigenvalue weighted by Crippen LogP contribution is 2.29. The Morgan fingerprint density at radius 3 is 2.40 bits per heavy atom. The van der Waals surface area contributed by atoms with Gasteiger partial charge in [-0.25, -0.2) is 0 Å². The molecule has 0 bridgehead atoms. The van der Waals surface area contributed by atoms with Gasteiger partial charge in [0.05, 0.1) is 7.11 Å². The van der Waals surface area contributed by atoms with Gasteiger partial charge >= 0.3 is 0 Å². The second kappa shape index (κ2) is 7.25. The molecule has 2 aromatic rings. The second-order valence-electron chi connectivity index (χ2n) is 4.56. The zero-order valence-electron chi connectivity index (χ0n) is 11.5. The molecule has 0 fully saturated rings. The fourth-order valence-electron chi connectivity index (χ4n) is 2.15. The standard InChI is InChI=1S/C16H17Br2NO/c1-19-16(14-10-12(17)5-8-15(14)18)9-11-3-6-13(20-2)7-4-11/h3-8,10,16,19H,9H2,1-2H3. The smallest absolute Gasteiger partial charge is 0.118 e. The summed E-state index contributed by atoms with van der Waals surface area (Å²) in [7, 11) is 3.67. The van der Waals surface area contributed by atoms with Gasteiger partial charge in [-0.05, 0) is 54.9 Å². The van der Waals surface area contributed by atoms with Crippen LogP contribution in [0.4, 0.5) is 0 Å². The third-order valence-electron chi connectivity index (χ3n) is 3.28. The minimum atomic E-state index is 0.260. The van der Waals surface area contributed by atoms with Crippen LogP contribution in [0.3, 0.4) is 0 Å². The predicted octanol–water partition coefficient (Wildman–Crippen LogP) is 4.72. The Morgan fingerprint density at radius 2 is 1.80 bits per heavy atom. The summed E-state index contributed by atoms with van der Waals surface area (Å²) in [6.07, 6.45) is 0.926. The van der Waals surface area contributed by atoms with Crippen LogP contribution in [0, 0.1) is 0 Å². The van der Waals surface area contributed by atoms with Crippen LogP contribution in [0.2, 0.25) is 0 Å². The summed E-state index contributed by atoms with van der Waals surface area (Å²) in [4.78, 5) is 0. The zero-order chi connectivity index (χ0) is 14.5. The summed E-state index contributed by atoms with van der Waals surface area (Å²) in [6, 6.07) is 14.7. The maximum atomic E-state index is 5.19.